The predicted molar refractivity (Wildman–Crippen MR) is 94.4 cm³/mol. The van der Waals surface area contributed by atoms with Crippen molar-refractivity contribution in [1.29, 1.82) is 0 Å². The van der Waals surface area contributed by atoms with Crippen LogP contribution in [0.2, 0.25) is 0 Å². The van der Waals surface area contributed by atoms with Gasteiger partial charge in [0.05, 0.1) is 26.0 Å². The second-order valence-corrected chi connectivity index (χ2v) is 7.03. The van der Waals surface area contributed by atoms with E-state index in [1.807, 2.05) is 35.2 Å². The lowest BCUT2D eigenvalue weighted by molar-refractivity contribution is -0.128. The van der Waals surface area contributed by atoms with Crippen molar-refractivity contribution in [1.82, 2.24) is 4.90 Å². The zero-order valence-corrected chi connectivity index (χ0v) is 14.3. The molecular weight excluding hydrogens is 322 g/mol. The van der Waals surface area contributed by atoms with Crippen LogP contribution >= 0.6 is 11.8 Å². The molecule has 1 fully saturated rings. The van der Waals surface area contributed by atoms with Crippen molar-refractivity contribution in [3.05, 3.63) is 59.2 Å². The molecule has 124 valence electrons. The number of carbonyl (C=O) groups excluding carboxylic acids is 1. The Morgan fingerprint density at radius 1 is 1.29 bits per heavy atom. The van der Waals surface area contributed by atoms with Gasteiger partial charge in [-0.3, -0.25) is 4.79 Å². The maximum atomic E-state index is 12.4. The number of hydrogen-bond donors (Lipinski definition) is 0. The van der Waals surface area contributed by atoms with Crippen LogP contribution in [0.3, 0.4) is 0 Å². The molecular formula is C19H19NO3S. The molecule has 2 aromatic carbocycles. The summed E-state index contributed by atoms with van der Waals surface area (Å²) in [7, 11) is 1.66. The number of carbonyl (C=O) groups is 1. The molecule has 1 saturated heterocycles. The van der Waals surface area contributed by atoms with Crippen LogP contribution in [0.1, 0.15) is 22.1 Å². The Morgan fingerprint density at radius 3 is 3.04 bits per heavy atom. The van der Waals surface area contributed by atoms with Crippen LogP contribution in [0.4, 0.5) is 0 Å². The summed E-state index contributed by atoms with van der Waals surface area (Å²) in [5.74, 6) is 2.49. The number of para-hydroxylation sites is 1. The molecule has 2 aromatic rings. The van der Waals surface area contributed by atoms with Gasteiger partial charge in [0.25, 0.3) is 0 Å². The van der Waals surface area contributed by atoms with Gasteiger partial charge in [0.2, 0.25) is 5.91 Å². The summed E-state index contributed by atoms with van der Waals surface area (Å²) >= 11 is 1.68. The molecule has 1 amide bonds. The Kier molecular flexibility index (Phi) is 4.10. The number of nitrogens with zero attached hydrogens (tertiary/aromatic N) is 1. The highest BCUT2D eigenvalue weighted by atomic mass is 32.2. The molecule has 0 saturated carbocycles. The summed E-state index contributed by atoms with van der Waals surface area (Å²) in [6.45, 7) is 1.31. The molecule has 1 atom stereocenters. The van der Waals surface area contributed by atoms with Gasteiger partial charge >= 0.3 is 0 Å². The van der Waals surface area contributed by atoms with Gasteiger partial charge in [-0.2, -0.15) is 0 Å². The van der Waals surface area contributed by atoms with E-state index in [-0.39, 0.29) is 11.3 Å². The van der Waals surface area contributed by atoms with Gasteiger partial charge in [0.15, 0.2) is 0 Å². The van der Waals surface area contributed by atoms with Crippen molar-refractivity contribution in [3.8, 4) is 11.5 Å². The van der Waals surface area contributed by atoms with Crippen molar-refractivity contribution in [2.45, 2.75) is 18.3 Å². The standard InChI is InChI=1S/C19H19NO3S/c1-22-16-5-3-2-4-15(16)11-20-18(21)12-24-19(20)14-6-7-17-13(10-14)8-9-23-17/h2-7,10,19H,8-9,11-12H2,1H3. The molecule has 0 spiro atoms. The highest BCUT2D eigenvalue weighted by Crippen LogP contribution is 2.42. The van der Waals surface area contributed by atoms with Crippen molar-refractivity contribution in [2.75, 3.05) is 19.5 Å². The molecule has 2 heterocycles. The first-order chi connectivity index (χ1) is 11.8. The largest absolute Gasteiger partial charge is 0.496 e. The molecule has 4 nitrogen and oxygen atoms in total. The predicted octanol–water partition coefficient (Wildman–Crippen LogP) is 3.40. The van der Waals surface area contributed by atoms with Crippen LogP contribution in [-0.4, -0.2) is 30.3 Å². The molecule has 1 unspecified atom stereocenters. The van der Waals surface area contributed by atoms with Gasteiger partial charge in [-0.05, 0) is 29.3 Å². The third-order valence-corrected chi connectivity index (χ3v) is 5.76. The monoisotopic (exact) mass is 341 g/mol. The molecule has 2 aliphatic heterocycles. The molecule has 5 heteroatoms. The minimum atomic E-state index is 0.0494. The summed E-state index contributed by atoms with van der Waals surface area (Å²) in [5, 5.41) is 0.0494. The highest BCUT2D eigenvalue weighted by Gasteiger charge is 2.33. The van der Waals surface area contributed by atoms with E-state index >= 15 is 0 Å². The fraction of sp³-hybridized carbons (Fsp3) is 0.316. The Bertz CT molecular complexity index is 777. The molecule has 0 bridgehead atoms. The van der Waals surface area contributed by atoms with Crippen molar-refractivity contribution in [2.24, 2.45) is 0 Å². The molecule has 0 radical (unpaired) electrons. The van der Waals surface area contributed by atoms with E-state index in [4.69, 9.17) is 9.47 Å². The zero-order chi connectivity index (χ0) is 16.5. The number of thioether (sulfide) groups is 1. The summed E-state index contributed by atoms with van der Waals surface area (Å²) < 4.78 is 11.0. The number of methoxy groups -OCH3 is 1. The summed E-state index contributed by atoms with van der Waals surface area (Å²) in [5.41, 5.74) is 3.44. The maximum Gasteiger partial charge on any atom is 0.234 e. The molecule has 24 heavy (non-hydrogen) atoms. The smallest absolute Gasteiger partial charge is 0.234 e. The van der Waals surface area contributed by atoms with Crippen molar-refractivity contribution < 1.29 is 14.3 Å². The number of rotatable bonds is 4. The first-order valence-electron chi connectivity index (χ1n) is 8.05. The minimum Gasteiger partial charge on any atom is -0.496 e. The SMILES string of the molecule is COc1ccccc1CN1C(=O)CSC1c1ccc2c(c1)CCO2. The molecule has 0 aromatic heterocycles. The first kappa shape index (κ1) is 15.4. The van der Waals surface area contributed by atoms with Crippen LogP contribution in [0.5, 0.6) is 11.5 Å². The lowest BCUT2D eigenvalue weighted by Crippen LogP contribution is -2.27. The molecule has 0 aliphatic carbocycles. The molecule has 0 N–H and O–H groups in total. The van der Waals surface area contributed by atoms with Crippen molar-refractivity contribution >= 4 is 17.7 Å². The quantitative estimate of drug-likeness (QED) is 0.854. The van der Waals surface area contributed by atoms with E-state index in [1.54, 1.807) is 18.9 Å². The van der Waals surface area contributed by atoms with Gasteiger partial charge in [0.1, 0.15) is 16.9 Å². The Labute approximate surface area is 145 Å². The van der Waals surface area contributed by atoms with E-state index in [0.717, 1.165) is 30.1 Å². The fourth-order valence-corrected chi connectivity index (χ4v) is 4.46. The van der Waals surface area contributed by atoms with Gasteiger partial charge in [-0.25, -0.2) is 0 Å². The van der Waals surface area contributed by atoms with Crippen LogP contribution in [0, 0.1) is 0 Å². The van der Waals surface area contributed by atoms with Crippen LogP contribution in [0.25, 0.3) is 0 Å². The highest BCUT2D eigenvalue weighted by molar-refractivity contribution is 8.00. The van der Waals surface area contributed by atoms with Gasteiger partial charge in [-0.15, -0.1) is 11.8 Å². The Hall–Kier alpha value is -2.14. The average molecular weight is 341 g/mol. The Balaban J connectivity index is 1.62. The normalized spacial score (nSPS) is 19.3. The fourth-order valence-electron chi connectivity index (χ4n) is 3.28. The lowest BCUT2D eigenvalue weighted by Gasteiger charge is -2.25. The first-order valence-corrected chi connectivity index (χ1v) is 9.10. The second kappa shape index (κ2) is 6.40. The van der Waals surface area contributed by atoms with E-state index in [2.05, 4.69) is 12.1 Å². The van der Waals surface area contributed by atoms with E-state index < -0.39 is 0 Å². The third-order valence-electron chi connectivity index (χ3n) is 4.50. The van der Waals surface area contributed by atoms with E-state index in [0.29, 0.717) is 12.3 Å². The van der Waals surface area contributed by atoms with Crippen LogP contribution < -0.4 is 9.47 Å². The number of benzene rings is 2. The van der Waals surface area contributed by atoms with E-state index in [1.165, 1.54) is 11.1 Å². The minimum absolute atomic E-state index is 0.0494. The number of fused-ring (bicyclic) bond motifs is 1. The summed E-state index contributed by atoms with van der Waals surface area (Å²) in [6.07, 6.45) is 0.945. The zero-order valence-electron chi connectivity index (χ0n) is 13.5. The molecule has 4 rings (SSSR count). The summed E-state index contributed by atoms with van der Waals surface area (Å²) in [6, 6.07) is 14.2. The third kappa shape index (κ3) is 2.73. The van der Waals surface area contributed by atoms with Gasteiger partial charge < -0.3 is 14.4 Å². The molecule has 2 aliphatic rings. The Morgan fingerprint density at radius 2 is 2.17 bits per heavy atom. The number of hydrogen-bond acceptors (Lipinski definition) is 4. The van der Waals surface area contributed by atoms with Gasteiger partial charge in [-0.1, -0.05) is 24.3 Å². The van der Waals surface area contributed by atoms with Crippen LogP contribution in [0.15, 0.2) is 42.5 Å². The average Bonchev–Trinajstić information content (AvgIpc) is 3.22. The topological polar surface area (TPSA) is 38.8 Å². The lowest BCUT2D eigenvalue weighted by atomic mass is 10.1. The maximum absolute atomic E-state index is 12.4. The number of ether oxygens (including phenoxy) is 2. The van der Waals surface area contributed by atoms with Crippen LogP contribution in [-0.2, 0) is 17.8 Å². The number of amides is 1. The summed E-state index contributed by atoms with van der Waals surface area (Å²) in [4.78, 5) is 14.4. The van der Waals surface area contributed by atoms with Gasteiger partial charge in [0, 0.05) is 12.0 Å². The van der Waals surface area contributed by atoms with Crippen molar-refractivity contribution in [3.63, 3.8) is 0 Å². The van der Waals surface area contributed by atoms with E-state index in [9.17, 15) is 4.79 Å². The second-order valence-electron chi connectivity index (χ2n) is 5.96.